The highest BCUT2D eigenvalue weighted by Gasteiger charge is 2.59. The van der Waals surface area contributed by atoms with Gasteiger partial charge in [0, 0.05) is 69.8 Å². The monoisotopic (exact) mass is 660 g/mol. The molecule has 6 atom stereocenters. The molecule has 0 amide bonds. The molecule has 0 unspecified atom stereocenters. The normalized spacial score (nSPS) is 35.2. The number of carbonyl (C=O) groups excluding carboxylic acids is 2. The molecule has 0 radical (unpaired) electrons. The van der Waals surface area contributed by atoms with Crippen molar-refractivity contribution in [3.05, 3.63) is 41.5 Å². The molecule has 3 saturated heterocycles. The number of rotatable bonds is 6. The summed E-state index contributed by atoms with van der Waals surface area (Å²) in [5.41, 5.74) is 2.68. The lowest BCUT2D eigenvalue weighted by Crippen LogP contribution is -2.51. The maximum absolute atomic E-state index is 14.2. The van der Waals surface area contributed by atoms with Gasteiger partial charge in [0.2, 0.25) is 5.95 Å². The zero-order chi connectivity index (χ0) is 31.6. The lowest BCUT2D eigenvalue weighted by Gasteiger charge is -2.52. The Labute approximate surface area is 287 Å². The first-order valence-electron chi connectivity index (χ1n) is 18.3. The molecular weight excluding hydrogens is 608 g/mol. The lowest BCUT2D eigenvalue weighted by molar-refractivity contribution is -0.129. The summed E-state index contributed by atoms with van der Waals surface area (Å²) in [5, 5.41) is 0. The molecule has 8 rings (SSSR count). The van der Waals surface area contributed by atoms with Crippen molar-refractivity contribution < 1.29 is 9.59 Å². The van der Waals surface area contributed by atoms with Crippen molar-refractivity contribution in [3.63, 3.8) is 0 Å². The lowest BCUT2D eigenvalue weighted by atomic mass is 9.52. The molecule has 0 aromatic carbocycles. The first-order valence-corrected chi connectivity index (χ1v) is 18.3. The number of nitrogens with zero attached hydrogens (tertiary/aromatic N) is 6. The van der Waals surface area contributed by atoms with Gasteiger partial charge in [-0.1, -0.05) is 37.1 Å². The molecular formula is C38H53ClN6O2. The first kappa shape index (κ1) is 32.8. The molecule has 1 aromatic heterocycles. The van der Waals surface area contributed by atoms with E-state index in [2.05, 4.69) is 58.6 Å². The Kier molecular flexibility index (Phi) is 8.82. The molecule has 1 aromatic rings. The van der Waals surface area contributed by atoms with E-state index in [1.54, 1.807) is 6.08 Å². The van der Waals surface area contributed by atoms with Gasteiger partial charge in [-0.05, 0) is 93.6 Å². The third kappa shape index (κ3) is 5.65. The molecule has 0 spiro atoms. The molecule has 5 fully saturated rings. The molecule has 4 aliphatic carbocycles. The van der Waals surface area contributed by atoms with Crippen molar-refractivity contribution in [3.8, 4) is 0 Å². The molecule has 8 nitrogen and oxygen atoms in total. The maximum atomic E-state index is 14.2. The second-order valence-corrected chi connectivity index (χ2v) is 15.9. The minimum absolute atomic E-state index is 0. The summed E-state index contributed by atoms with van der Waals surface area (Å²) in [7, 11) is 0. The van der Waals surface area contributed by atoms with Crippen LogP contribution in [0, 0.1) is 34.5 Å². The molecule has 4 heterocycles. The summed E-state index contributed by atoms with van der Waals surface area (Å²) in [6.45, 7) is 15.4. The van der Waals surface area contributed by atoms with Crippen molar-refractivity contribution in [2.75, 3.05) is 73.6 Å². The molecule has 2 saturated carbocycles. The van der Waals surface area contributed by atoms with Gasteiger partial charge in [-0.25, -0.2) is 0 Å². The number of hydrogen-bond donors (Lipinski definition) is 0. The summed E-state index contributed by atoms with van der Waals surface area (Å²) in [4.78, 5) is 46.1. The third-order valence-corrected chi connectivity index (χ3v) is 13.2. The number of hydrogen-bond acceptors (Lipinski definition) is 8. The summed E-state index contributed by atoms with van der Waals surface area (Å²) in [5.74, 6) is 5.14. The molecule has 3 aliphatic heterocycles. The van der Waals surface area contributed by atoms with Crippen LogP contribution in [0.25, 0.3) is 0 Å². The van der Waals surface area contributed by atoms with Crippen LogP contribution in [0.4, 0.5) is 17.6 Å². The minimum atomic E-state index is -0.128. The van der Waals surface area contributed by atoms with Crippen LogP contribution in [0.3, 0.4) is 0 Å². The van der Waals surface area contributed by atoms with Gasteiger partial charge in [0.05, 0.1) is 6.54 Å². The van der Waals surface area contributed by atoms with Crippen LogP contribution in [-0.4, -0.2) is 85.3 Å². The number of carbonyl (C=O) groups is 2. The molecule has 9 heteroatoms. The number of aromatic nitrogens is 2. The predicted octanol–water partition coefficient (Wildman–Crippen LogP) is 5.88. The standard InChI is InChI=1S/C38H52N6O2.ClH/c1-26-22-31-29-9-8-27-23-28(45)10-12-37(27,2)30(29)11-13-38(31,3)35(26)32(46)25-41-18-20-43(21-19-41)34-24-33(42-14-4-5-15-42)39-36(40-34)44-16-6-7-17-44;/h10-12,23-24,26,29,31,35H,4-9,13-22,25H2,1-3H3;1H/t26-,29-,31+,35-,37+,38+;/m1./s1. The highest BCUT2D eigenvalue weighted by Crippen LogP contribution is 2.65. The maximum Gasteiger partial charge on any atom is 0.229 e. The van der Waals surface area contributed by atoms with Gasteiger partial charge >= 0.3 is 0 Å². The fourth-order valence-corrected chi connectivity index (χ4v) is 10.8. The second kappa shape index (κ2) is 12.6. The zero-order valence-corrected chi connectivity index (χ0v) is 29.4. The van der Waals surface area contributed by atoms with Gasteiger partial charge in [0.15, 0.2) is 11.6 Å². The summed E-state index contributed by atoms with van der Waals surface area (Å²) in [6, 6.07) is 2.21. The average molecular weight is 661 g/mol. The van der Waals surface area contributed by atoms with E-state index in [9.17, 15) is 9.59 Å². The number of allylic oxidation sites excluding steroid dienone is 6. The summed E-state index contributed by atoms with van der Waals surface area (Å²) >= 11 is 0. The van der Waals surface area contributed by atoms with Crippen LogP contribution < -0.4 is 14.7 Å². The minimum Gasteiger partial charge on any atom is -0.356 e. The van der Waals surface area contributed by atoms with E-state index in [-0.39, 0.29) is 34.9 Å². The number of Topliss-reactive ketones (excluding diaryl/α,β-unsaturated/α-hetero) is 1. The fourth-order valence-electron chi connectivity index (χ4n) is 10.8. The zero-order valence-electron chi connectivity index (χ0n) is 28.6. The van der Waals surface area contributed by atoms with E-state index in [1.807, 2.05) is 6.08 Å². The van der Waals surface area contributed by atoms with Gasteiger partial charge in [-0.15, -0.1) is 12.4 Å². The van der Waals surface area contributed by atoms with Crippen LogP contribution in [0.5, 0.6) is 0 Å². The highest BCUT2D eigenvalue weighted by atomic mass is 35.5. The average Bonchev–Trinajstić information content (AvgIpc) is 3.83. The van der Waals surface area contributed by atoms with Crippen LogP contribution in [-0.2, 0) is 9.59 Å². The van der Waals surface area contributed by atoms with Crippen molar-refractivity contribution in [1.29, 1.82) is 0 Å². The Balaban J connectivity index is 0.00000351. The summed E-state index contributed by atoms with van der Waals surface area (Å²) in [6.07, 6.45) is 17.4. The first-order chi connectivity index (χ1) is 22.2. The Morgan fingerprint density at radius 2 is 1.55 bits per heavy atom. The number of piperazine rings is 1. The molecule has 7 aliphatic rings. The third-order valence-electron chi connectivity index (χ3n) is 13.2. The predicted molar refractivity (Wildman–Crippen MR) is 190 cm³/mol. The topological polar surface area (TPSA) is 72.9 Å². The number of ketones is 2. The number of fused-ring (bicyclic) bond motifs is 5. The second-order valence-electron chi connectivity index (χ2n) is 15.9. The van der Waals surface area contributed by atoms with Crippen LogP contribution in [0.15, 0.2) is 41.5 Å². The Bertz CT molecular complexity index is 1450. The van der Waals surface area contributed by atoms with Gasteiger partial charge in [0.1, 0.15) is 11.6 Å². The Morgan fingerprint density at radius 3 is 2.23 bits per heavy atom. The van der Waals surface area contributed by atoms with Crippen molar-refractivity contribution >= 4 is 41.6 Å². The van der Waals surface area contributed by atoms with Crippen molar-refractivity contribution in [2.24, 2.45) is 34.5 Å². The highest BCUT2D eigenvalue weighted by molar-refractivity contribution is 6.01. The van der Waals surface area contributed by atoms with E-state index >= 15 is 0 Å². The summed E-state index contributed by atoms with van der Waals surface area (Å²) < 4.78 is 0. The SMILES string of the molecule is C[C@@H]1C[C@H]2[C@@H]3CCC4=CC(=O)C=C[C@]4(C)C3=CC[C@]2(C)[C@H]1C(=O)CN1CCN(c2cc(N3CCCC3)nc(N3CCCC3)n2)CC1.Cl. The van der Waals surface area contributed by atoms with Gasteiger partial charge in [0.25, 0.3) is 0 Å². The Morgan fingerprint density at radius 1 is 0.915 bits per heavy atom. The van der Waals surface area contributed by atoms with Gasteiger partial charge in [-0.2, -0.15) is 9.97 Å². The molecule has 0 N–H and O–H groups in total. The van der Waals surface area contributed by atoms with E-state index < -0.39 is 0 Å². The van der Waals surface area contributed by atoms with Gasteiger partial charge in [-0.3, -0.25) is 14.5 Å². The van der Waals surface area contributed by atoms with Crippen molar-refractivity contribution in [2.45, 2.75) is 72.1 Å². The van der Waals surface area contributed by atoms with Crippen LogP contribution in [0.1, 0.15) is 72.1 Å². The van der Waals surface area contributed by atoms with Crippen LogP contribution in [0.2, 0.25) is 0 Å². The quantitative estimate of drug-likeness (QED) is 0.351. The number of halogens is 1. The molecule has 254 valence electrons. The molecule has 0 bridgehead atoms. The van der Waals surface area contributed by atoms with E-state index in [0.717, 1.165) is 95.6 Å². The smallest absolute Gasteiger partial charge is 0.229 e. The fraction of sp³-hybridized carbons (Fsp3) is 0.684. The van der Waals surface area contributed by atoms with Crippen molar-refractivity contribution in [1.82, 2.24) is 14.9 Å². The van der Waals surface area contributed by atoms with E-state index in [0.29, 0.717) is 30.1 Å². The number of anilines is 3. The van der Waals surface area contributed by atoms with Gasteiger partial charge < -0.3 is 14.7 Å². The van der Waals surface area contributed by atoms with E-state index in [4.69, 9.17) is 9.97 Å². The van der Waals surface area contributed by atoms with E-state index in [1.165, 1.54) is 36.8 Å². The Hall–Kier alpha value is -2.71. The largest absolute Gasteiger partial charge is 0.356 e. The van der Waals surface area contributed by atoms with Crippen LogP contribution >= 0.6 is 12.4 Å². The molecule has 47 heavy (non-hydrogen) atoms.